The summed E-state index contributed by atoms with van der Waals surface area (Å²) in [5.74, 6) is -0.313. The van der Waals surface area contributed by atoms with Crippen LogP contribution in [0.4, 0.5) is 4.39 Å². The highest BCUT2D eigenvalue weighted by molar-refractivity contribution is 5.62. The number of nitrogens with zero attached hydrogens (tertiary/aromatic N) is 1. The average Bonchev–Trinajstić information content (AvgIpc) is 2.16. The van der Waals surface area contributed by atoms with Crippen molar-refractivity contribution >= 4 is 5.57 Å². The number of hydrogen-bond acceptors (Lipinski definition) is 2. The van der Waals surface area contributed by atoms with E-state index in [1.54, 1.807) is 6.07 Å². The van der Waals surface area contributed by atoms with Crippen molar-refractivity contribution < 1.29 is 4.39 Å². The number of allylic oxidation sites excluding steroid dienone is 1. The zero-order chi connectivity index (χ0) is 9.68. The zero-order valence-corrected chi connectivity index (χ0v) is 7.63. The summed E-state index contributed by atoms with van der Waals surface area (Å²) in [4.78, 5) is 3.97. The summed E-state index contributed by atoms with van der Waals surface area (Å²) < 4.78 is 12.5. The fraction of sp³-hybridized carbons (Fsp3) is 0.300. The van der Waals surface area contributed by atoms with E-state index in [4.69, 9.17) is 5.73 Å². The third-order valence-corrected chi connectivity index (χ3v) is 1.80. The van der Waals surface area contributed by atoms with Crippen LogP contribution in [0, 0.1) is 5.82 Å². The van der Waals surface area contributed by atoms with Crippen LogP contribution in [0.3, 0.4) is 0 Å². The summed E-state index contributed by atoms with van der Waals surface area (Å²) in [6.45, 7) is 2.51. The molecule has 0 amide bonds. The van der Waals surface area contributed by atoms with E-state index in [1.165, 1.54) is 12.3 Å². The van der Waals surface area contributed by atoms with E-state index in [9.17, 15) is 4.39 Å². The minimum Gasteiger partial charge on any atom is -0.327 e. The molecule has 0 aliphatic carbocycles. The maximum absolute atomic E-state index is 12.5. The second kappa shape index (κ2) is 4.72. The second-order valence-corrected chi connectivity index (χ2v) is 2.68. The summed E-state index contributed by atoms with van der Waals surface area (Å²) in [6.07, 6.45) is 3.98. The van der Waals surface area contributed by atoms with Crippen molar-refractivity contribution in [2.24, 2.45) is 5.73 Å². The summed E-state index contributed by atoms with van der Waals surface area (Å²) in [7, 11) is 0. The van der Waals surface area contributed by atoms with Crippen LogP contribution < -0.4 is 5.73 Å². The summed E-state index contributed by atoms with van der Waals surface area (Å²) >= 11 is 0. The Kier molecular flexibility index (Phi) is 3.58. The lowest BCUT2D eigenvalue weighted by Gasteiger charge is -2.02. The van der Waals surface area contributed by atoms with E-state index in [2.05, 4.69) is 4.98 Å². The van der Waals surface area contributed by atoms with Gasteiger partial charge in [-0.15, -0.1) is 0 Å². The molecule has 70 valence electrons. The van der Waals surface area contributed by atoms with Gasteiger partial charge in [0.05, 0.1) is 11.9 Å². The van der Waals surface area contributed by atoms with Crippen LogP contribution in [-0.2, 0) is 0 Å². The van der Waals surface area contributed by atoms with E-state index in [-0.39, 0.29) is 5.82 Å². The van der Waals surface area contributed by atoms with E-state index in [1.807, 2.05) is 13.0 Å². The fourth-order valence-electron chi connectivity index (χ4n) is 1.14. The van der Waals surface area contributed by atoms with E-state index < -0.39 is 0 Å². The topological polar surface area (TPSA) is 38.9 Å². The van der Waals surface area contributed by atoms with Gasteiger partial charge >= 0.3 is 0 Å². The lowest BCUT2D eigenvalue weighted by molar-refractivity contribution is 0.621. The Morgan fingerprint density at radius 2 is 2.38 bits per heavy atom. The molecule has 13 heavy (non-hydrogen) atoms. The summed E-state index contributed by atoms with van der Waals surface area (Å²) in [5.41, 5.74) is 7.25. The van der Waals surface area contributed by atoms with Gasteiger partial charge in [-0.1, -0.05) is 13.0 Å². The predicted octanol–water partition coefficient (Wildman–Crippen LogP) is 1.97. The highest BCUT2D eigenvalue weighted by atomic mass is 19.1. The van der Waals surface area contributed by atoms with Gasteiger partial charge in [-0.25, -0.2) is 4.39 Å². The van der Waals surface area contributed by atoms with Gasteiger partial charge in [-0.2, -0.15) is 0 Å². The average molecular weight is 180 g/mol. The number of nitrogens with two attached hydrogens (primary N) is 1. The highest BCUT2D eigenvalue weighted by Crippen LogP contribution is 2.14. The van der Waals surface area contributed by atoms with Crippen molar-refractivity contribution in [3.05, 3.63) is 35.9 Å². The van der Waals surface area contributed by atoms with Gasteiger partial charge in [-0.05, 0) is 24.1 Å². The maximum atomic E-state index is 12.5. The molecule has 0 bridgehead atoms. The fourth-order valence-corrected chi connectivity index (χ4v) is 1.14. The number of hydrogen-bond donors (Lipinski definition) is 1. The third kappa shape index (κ3) is 2.63. The van der Waals surface area contributed by atoms with Crippen LogP contribution in [0.5, 0.6) is 0 Å². The van der Waals surface area contributed by atoms with Gasteiger partial charge in [0.25, 0.3) is 0 Å². The van der Waals surface area contributed by atoms with Crippen molar-refractivity contribution in [2.45, 2.75) is 13.3 Å². The zero-order valence-electron chi connectivity index (χ0n) is 7.63. The maximum Gasteiger partial charge on any atom is 0.141 e. The first-order valence-corrected chi connectivity index (χ1v) is 4.29. The summed E-state index contributed by atoms with van der Waals surface area (Å²) in [5, 5.41) is 0. The minimum atomic E-state index is -0.313. The molecule has 1 heterocycles. The molecule has 0 aromatic carbocycles. The SMILES string of the molecule is CC/C(=C/CN)c1ccc(F)cn1. The standard InChI is InChI=1S/C10H13FN2/c1-2-8(5-6-12)10-4-3-9(11)7-13-10/h3-5,7H,2,6,12H2,1H3/b8-5-. The molecule has 0 saturated heterocycles. The van der Waals surface area contributed by atoms with Gasteiger partial charge in [-0.3, -0.25) is 4.98 Å². The van der Waals surface area contributed by atoms with Gasteiger partial charge in [0, 0.05) is 6.54 Å². The smallest absolute Gasteiger partial charge is 0.141 e. The van der Waals surface area contributed by atoms with Crippen LogP contribution in [0.25, 0.3) is 5.57 Å². The van der Waals surface area contributed by atoms with Crippen molar-refractivity contribution in [3.63, 3.8) is 0 Å². The number of rotatable bonds is 3. The molecule has 2 N–H and O–H groups in total. The van der Waals surface area contributed by atoms with Crippen LogP contribution >= 0.6 is 0 Å². The third-order valence-electron chi connectivity index (χ3n) is 1.80. The Morgan fingerprint density at radius 3 is 2.85 bits per heavy atom. The first-order valence-electron chi connectivity index (χ1n) is 4.29. The van der Waals surface area contributed by atoms with E-state index >= 15 is 0 Å². The van der Waals surface area contributed by atoms with Crippen LogP contribution in [0.1, 0.15) is 19.0 Å². The molecular weight excluding hydrogens is 167 g/mol. The molecule has 1 aromatic heterocycles. The van der Waals surface area contributed by atoms with Crippen LogP contribution in [-0.4, -0.2) is 11.5 Å². The highest BCUT2D eigenvalue weighted by Gasteiger charge is 1.99. The van der Waals surface area contributed by atoms with E-state index in [0.717, 1.165) is 17.7 Å². The van der Waals surface area contributed by atoms with Crippen molar-refractivity contribution in [1.29, 1.82) is 0 Å². The first-order chi connectivity index (χ1) is 6.27. The molecule has 3 heteroatoms. The van der Waals surface area contributed by atoms with Gasteiger partial charge < -0.3 is 5.73 Å². The Morgan fingerprint density at radius 1 is 1.62 bits per heavy atom. The van der Waals surface area contributed by atoms with Crippen molar-refractivity contribution in [3.8, 4) is 0 Å². The van der Waals surface area contributed by atoms with Gasteiger partial charge in [0.1, 0.15) is 5.82 Å². The first kappa shape index (κ1) is 9.86. The van der Waals surface area contributed by atoms with Gasteiger partial charge in [0.2, 0.25) is 0 Å². The van der Waals surface area contributed by atoms with Crippen molar-refractivity contribution in [1.82, 2.24) is 4.98 Å². The molecule has 0 radical (unpaired) electrons. The normalized spacial score (nSPS) is 11.8. The molecule has 0 spiro atoms. The Hall–Kier alpha value is -1.22. The molecule has 0 atom stereocenters. The lowest BCUT2D eigenvalue weighted by Crippen LogP contribution is -1.97. The molecular formula is C10H13FN2. The molecule has 0 saturated carbocycles. The van der Waals surface area contributed by atoms with E-state index in [0.29, 0.717) is 6.54 Å². The number of pyridine rings is 1. The van der Waals surface area contributed by atoms with Crippen LogP contribution in [0.15, 0.2) is 24.4 Å². The number of halogens is 1. The monoisotopic (exact) mass is 180 g/mol. The molecule has 1 aromatic rings. The number of aromatic nitrogens is 1. The lowest BCUT2D eigenvalue weighted by atomic mass is 10.1. The van der Waals surface area contributed by atoms with Gasteiger partial charge in [0.15, 0.2) is 0 Å². The Labute approximate surface area is 77.3 Å². The quantitative estimate of drug-likeness (QED) is 0.772. The molecule has 2 nitrogen and oxygen atoms in total. The molecule has 0 aliphatic rings. The predicted molar refractivity (Wildman–Crippen MR) is 51.5 cm³/mol. The minimum absolute atomic E-state index is 0.313. The van der Waals surface area contributed by atoms with Crippen LogP contribution in [0.2, 0.25) is 0 Å². The Balaban J connectivity index is 2.92. The largest absolute Gasteiger partial charge is 0.327 e. The second-order valence-electron chi connectivity index (χ2n) is 2.68. The summed E-state index contributed by atoms with van der Waals surface area (Å²) in [6, 6.07) is 3.07. The molecule has 1 rings (SSSR count). The molecule has 0 unspecified atom stereocenters. The Bertz CT molecular complexity index is 290. The van der Waals surface area contributed by atoms with Crippen molar-refractivity contribution in [2.75, 3.05) is 6.54 Å². The molecule has 0 fully saturated rings. The molecule has 0 aliphatic heterocycles.